The number of nitrogens with one attached hydrogen (secondary N) is 3. The summed E-state index contributed by atoms with van der Waals surface area (Å²) >= 11 is 0. The van der Waals surface area contributed by atoms with Gasteiger partial charge in [0.25, 0.3) is 0 Å². The van der Waals surface area contributed by atoms with Crippen LogP contribution in [0.15, 0.2) is 0 Å². The summed E-state index contributed by atoms with van der Waals surface area (Å²) < 4.78 is 0. The molecule has 7 nitrogen and oxygen atoms in total. The molecule has 3 amide bonds. The molecule has 1 saturated heterocycles. The second-order valence-corrected chi connectivity index (χ2v) is 5.18. The maximum Gasteiger partial charge on any atom is 0.326 e. The van der Waals surface area contributed by atoms with Crippen LogP contribution in [0.25, 0.3) is 0 Å². The van der Waals surface area contributed by atoms with Crippen LogP contribution in [0.2, 0.25) is 0 Å². The van der Waals surface area contributed by atoms with Crippen molar-refractivity contribution in [3.05, 3.63) is 0 Å². The Morgan fingerprint density at radius 3 is 2.63 bits per heavy atom. The molecule has 2 atom stereocenters. The summed E-state index contributed by atoms with van der Waals surface area (Å²) in [5.41, 5.74) is 0. The molecule has 2 unspecified atom stereocenters. The zero-order chi connectivity index (χ0) is 14.4. The first-order valence-electron chi connectivity index (χ1n) is 6.45. The maximum absolute atomic E-state index is 11.6. The second kappa shape index (κ2) is 6.96. The third-order valence-electron chi connectivity index (χ3n) is 2.90. The Morgan fingerprint density at radius 1 is 1.47 bits per heavy atom. The van der Waals surface area contributed by atoms with Crippen molar-refractivity contribution >= 4 is 17.9 Å². The van der Waals surface area contributed by atoms with E-state index in [-0.39, 0.29) is 17.9 Å². The van der Waals surface area contributed by atoms with E-state index in [0.717, 1.165) is 0 Å². The number of hydrogen-bond donors (Lipinski definition) is 4. The lowest BCUT2D eigenvalue weighted by Crippen LogP contribution is -2.49. The van der Waals surface area contributed by atoms with Crippen molar-refractivity contribution in [3.63, 3.8) is 0 Å². The van der Waals surface area contributed by atoms with Gasteiger partial charge in [-0.05, 0) is 18.8 Å². The molecule has 0 radical (unpaired) electrons. The highest BCUT2D eigenvalue weighted by Crippen LogP contribution is 2.06. The maximum atomic E-state index is 11.6. The van der Waals surface area contributed by atoms with Crippen LogP contribution in [0.5, 0.6) is 0 Å². The average Bonchev–Trinajstić information content (AvgIpc) is 2.71. The van der Waals surface area contributed by atoms with Gasteiger partial charge in [0.1, 0.15) is 6.04 Å². The van der Waals surface area contributed by atoms with Crippen LogP contribution >= 0.6 is 0 Å². The molecule has 0 aromatic rings. The van der Waals surface area contributed by atoms with Crippen LogP contribution in [0, 0.1) is 5.92 Å². The van der Waals surface area contributed by atoms with Gasteiger partial charge in [0.15, 0.2) is 0 Å². The highest BCUT2D eigenvalue weighted by atomic mass is 16.4. The number of carbonyl (C=O) groups excluding carboxylic acids is 2. The van der Waals surface area contributed by atoms with E-state index in [9.17, 15) is 14.4 Å². The van der Waals surface area contributed by atoms with Gasteiger partial charge in [0.2, 0.25) is 5.91 Å². The van der Waals surface area contributed by atoms with Crippen molar-refractivity contribution in [3.8, 4) is 0 Å². The van der Waals surface area contributed by atoms with E-state index in [1.807, 2.05) is 13.8 Å². The molecule has 1 fully saturated rings. The highest BCUT2D eigenvalue weighted by molar-refractivity contribution is 5.82. The topological polar surface area (TPSA) is 108 Å². The van der Waals surface area contributed by atoms with Crippen LogP contribution in [0.3, 0.4) is 0 Å². The van der Waals surface area contributed by atoms with E-state index in [0.29, 0.717) is 25.8 Å². The first-order valence-corrected chi connectivity index (χ1v) is 6.45. The van der Waals surface area contributed by atoms with Gasteiger partial charge in [-0.15, -0.1) is 0 Å². The molecule has 1 aliphatic rings. The third-order valence-corrected chi connectivity index (χ3v) is 2.90. The smallest absolute Gasteiger partial charge is 0.326 e. The predicted octanol–water partition coefficient (Wildman–Crippen LogP) is 0.0635. The molecule has 7 heteroatoms. The van der Waals surface area contributed by atoms with E-state index in [1.54, 1.807) is 0 Å². The van der Waals surface area contributed by atoms with Gasteiger partial charge in [0.05, 0.1) is 0 Å². The molecule has 0 aromatic heterocycles. The lowest BCUT2D eigenvalue weighted by Gasteiger charge is -2.18. The van der Waals surface area contributed by atoms with Gasteiger partial charge in [0, 0.05) is 19.0 Å². The first kappa shape index (κ1) is 15.3. The van der Waals surface area contributed by atoms with Gasteiger partial charge in [-0.3, -0.25) is 4.79 Å². The molecule has 0 saturated carbocycles. The van der Waals surface area contributed by atoms with E-state index < -0.39 is 18.0 Å². The molecule has 1 aliphatic heterocycles. The van der Waals surface area contributed by atoms with Crippen molar-refractivity contribution in [1.82, 2.24) is 16.0 Å². The highest BCUT2D eigenvalue weighted by Gasteiger charge is 2.23. The van der Waals surface area contributed by atoms with E-state index in [4.69, 9.17) is 5.11 Å². The van der Waals surface area contributed by atoms with Crippen LogP contribution in [0.4, 0.5) is 4.79 Å². The summed E-state index contributed by atoms with van der Waals surface area (Å²) in [6, 6.07) is -1.47. The molecule has 1 heterocycles. The number of carboxylic acids is 1. The lowest BCUT2D eigenvalue weighted by molar-refractivity contribution is -0.139. The van der Waals surface area contributed by atoms with Crippen LogP contribution in [-0.2, 0) is 9.59 Å². The molecule has 0 bridgehead atoms. The van der Waals surface area contributed by atoms with E-state index in [1.165, 1.54) is 0 Å². The minimum absolute atomic E-state index is 0.0181. The molecule has 108 valence electrons. The van der Waals surface area contributed by atoms with Gasteiger partial charge in [-0.1, -0.05) is 13.8 Å². The van der Waals surface area contributed by atoms with Crippen molar-refractivity contribution in [2.45, 2.75) is 45.2 Å². The summed E-state index contributed by atoms with van der Waals surface area (Å²) in [4.78, 5) is 33.5. The Hall–Kier alpha value is -1.79. The number of amides is 3. The average molecular weight is 271 g/mol. The number of hydrogen-bond acceptors (Lipinski definition) is 3. The largest absolute Gasteiger partial charge is 0.480 e. The summed E-state index contributed by atoms with van der Waals surface area (Å²) in [5, 5.41) is 16.7. The molecule has 0 spiro atoms. The number of aliphatic carboxylic acids is 1. The zero-order valence-electron chi connectivity index (χ0n) is 11.2. The minimum Gasteiger partial charge on any atom is -0.480 e. The summed E-state index contributed by atoms with van der Waals surface area (Å²) in [7, 11) is 0. The quantitative estimate of drug-likeness (QED) is 0.548. The lowest BCUT2D eigenvalue weighted by atomic mass is 10.0. The molecule has 0 aliphatic carbocycles. The molecular weight excluding hydrogens is 250 g/mol. The second-order valence-electron chi connectivity index (χ2n) is 5.18. The van der Waals surface area contributed by atoms with Gasteiger partial charge in [-0.25, -0.2) is 9.59 Å². The fourth-order valence-corrected chi connectivity index (χ4v) is 1.95. The Balaban J connectivity index is 2.32. The fourth-order valence-electron chi connectivity index (χ4n) is 1.95. The van der Waals surface area contributed by atoms with Gasteiger partial charge >= 0.3 is 12.0 Å². The zero-order valence-corrected chi connectivity index (χ0v) is 11.2. The number of urea groups is 1. The summed E-state index contributed by atoms with van der Waals surface area (Å²) in [6.07, 6.45) is 1.54. The van der Waals surface area contributed by atoms with Crippen LogP contribution < -0.4 is 16.0 Å². The summed E-state index contributed by atoms with van der Waals surface area (Å²) in [6.45, 7) is 4.10. The molecule has 4 N–H and O–H groups in total. The van der Waals surface area contributed by atoms with Crippen molar-refractivity contribution in [2.75, 3.05) is 6.54 Å². The Kier molecular flexibility index (Phi) is 5.59. The van der Waals surface area contributed by atoms with E-state index in [2.05, 4.69) is 16.0 Å². The molecular formula is C12H21N3O4. The normalized spacial score (nSPS) is 19.9. The Labute approximate surface area is 112 Å². The van der Waals surface area contributed by atoms with Crippen molar-refractivity contribution < 1.29 is 19.5 Å². The van der Waals surface area contributed by atoms with Crippen molar-refractivity contribution in [1.29, 1.82) is 0 Å². The monoisotopic (exact) mass is 271 g/mol. The summed E-state index contributed by atoms with van der Waals surface area (Å²) in [5.74, 6) is -0.885. The third kappa shape index (κ3) is 5.58. The minimum atomic E-state index is -1.04. The molecule has 19 heavy (non-hydrogen) atoms. The molecule has 1 rings (SSSR count). The molecule has 0 aromatic carbocycles. The fraction of sp³-hybridized carbons (Fsp3) is 0.750. The van der Waals surface area contributed by atoms with Crippen molar-refractivity contribution in [2.24, 2.45) is 5.92 Å². The Morgan fingerprint density at radius 2 is 2.16 bits per heavy atom. The standard InChI is InChI=1S/C12H21N3O4/c1-7(2)5-9(11(17)18)15-12(19)13-6-8-3-4-10(16)14-8/h7-9H,3-6H2,1-2H3,(H,14,16)(H,17,18)(H2,13,15,19). The van der Waals surface area contributed by atoms with Gasteiger partial charge < -0.3 is 21.1 Å². The van der Waals surface area contributed by atoms with Crippen LogP contribution in [0.1, 0.15) is 33.1 Å². The SMILES string of the molecule is CC(C)CC(NC(=O)NCC1CCC(=O)N1)C(=O)O. The predicted molar refractivity (Wildman–Crippen MR) is 68.6 cm³/mol. The number of carboxylic acid groups (broad SMARTS) is 1. The van der Waals surface area contributed by atoms with Crippen LogP contribution in [-0.4, -0.2) is 41.6 Å². The Bertz CT molecular complexity index is 357. The van der Waals surface area contributed by atoms with E-state index >= 15 is 0 Å². The first-order chi connectivity index (χ1) is 8.88. The number of rotatable bonds is 6. The number of carbonyl (C=O) groups is 3. The van der Waals surface area contributed by atoms with Gasteiger partial charge in [-0.2, -0.15) is 0 Å².